The molecule has 0 fully saturated rings. The van der Waals surface area contributed by atoms with E-state index in [4.69, 9.17) is 13.7 Å². The van der Waals surface area contributed by atoms with Crippen LogP contribution in [0.1, 0.15) is 6.92 Å². The zero-order valence-electron chi connectivity index (χ0n) is 13.7. The third-order valence-corrected chi connectivity index (χ3v) is 3.78. The van der Waals surface area contributed by atoms with Crippen LogP contribution in [0.2, 0.25) is 0 Å². The van der Waals surface area contributed by atoms with Crippen LogP contribution in [0, 0.1) is 5.82 Å². The van der Waals surface area contributed by atoms with E-state index in [-0.39, 0.29) is 23.1 Å². The minimum atomic E-state index is -0.612. The van der Waals surface area contributed by atoms with Gasteiger partial charge in [0.1, 0.15) is 11.4 Å². The van der Waals surface area contributed by atoms with Gasteiger partial charge in [0.25, 0.3) is 5.89 Å². The standard InChI is InChI=1S/C19H13FN2O4/c1-2-24-15-5-3-4-12-10-14(19(23)25-16(12)15)18-21-17(22-26-18)11-6-8-13(20)9-7-11/h3-10H,2H2,1H3. The first-order valence-electron chi connectivity index (χ1n) is 7.95. The molecule has 7 heteroatoms. The summed E-state index contributed by atoms with van der Waals surface area (Å²) >= 11 is 0. The summed E-state index contributed by atoms with van der Waals surface area (Å²) in [7, 11) is 0. The van der Waals surface area contributed by atoms with E-state index < -0.39 is 5.63 Å². The second kappa shape index (κ2) is 6.44. The summed E-state index contributed by atoms with van der Waals surface area (Å²) in [6.07, 6.45) is 0. The van der Waals surface area contributed by atoms with Crippen LogP contribution in [-0.4, -0.2) is 16.7 Å². The highest BCUT2D eigenvalue weighted by atomic mass is 19.1. The van der Waals surface area contributed by atoms with E-state index in [1.165, 1.54) is 24.3 Å². The largest absolute Gasteiger partial charge is 0.490 e. The summed E-state index contributed by atoms with van der Waals surface area (Å²) in [5.41, 5.74) is 0.470. The van der Waals surface area contributed by atoms with Gasteiger partial charge in [0.15, 0.2) is 11.3 Å². The molecule has 0 saturated carbocycles. The van der Waals surface area contributed by atoms with Crippen LogP contribution in [0.3, 0.4) is 0 Å². The highest BCUT2D eigenvalue weighted by Gasteiger charge is 2.17. The molecule has 0 unspecified atom stereocenters. The average molecular weight is 352 g/mol. The molecule has 26 heavy (non-hydrogen) atoms. The van der Waals surface area contributed by atoms with E-state index >= 15 is 0 Å². The van der Waals surface area contributed by atoms with E-state index in [2.05, 4.69) is 10.1 Å². The lowest BCUT2D eigenvalue weighted by Gasteiger charge is -2.05. The molecule has 2 heterocycles. The van der Waals surface area contributed by atoms with Gasteiger partial charge in [-0.1, -0.05) is 17.3 Å². The van der Waals surface area contributed by atoms with E-state index in [1.807, 2.05) is 6.92 Å². The lowest BCUT2D eigenvalue weighted by atomic mass is 10.1. The average Bonchev–Trinajstić information content (AvgIpc) is 3.12. The van der Waals surface area contributed by atoms with Crippen LogP contribution in [0.5, 0.6) is 5.75 Å². The first kappa shape index (κ1) is 16.0. The summed E-state index contributed by atoms with van der Waals surface area (Å²) in [5, 5.41) is 4.52. The van der Waals surface area contributed by atoms with Crippen molar-refractivity contribution in [1.82, 2.24) is 10.1 Å². The van der Waals surface area contributed by atoms with Crippen molar-refractivity contribution in [2.24, 2.45) is 0 Å². The number of benzene rings is 2. The zero-order chi connectivity index (χ0) is 18.1. The molecule has 4 aromatic rings. The van der Waals surface area contributed by atoms with E-state index in [1.54, 1.807) is 24.3 Å². The molecule has 6 nitrogen and oxygen atoms in total. The molecule has 0 aliphatic heterocycles. The van der Waals surface area contributed by atoms with E-state index in [0.29, 0.717) is 28.9 Å². The second-order valence-electron chi connectivity index (χ2n) is 5.49. The summed E-state index contributed by atoms with van der Waals surface area (Å²) in [5.74, 6) is 0.410. The molecule has 0 saturated heterocycles. The second-order valence-corrected chi connectivity index (χ2v) is 5.49. The molecule has 4 rings (SSSR count). The Bertz CT molecular complexity index is 1130. The van der Waals surface area contributed by atoms with Crippen molar-refractivity contribution < 1.29 is 18.1 Å². The molecule has 0 aliphatic carbocycles. The van der Waals surface area contributed by atoms with Gasteiger partial charge in [0, 0.05) is 10.9 Å². The summed E-state index contributed by atoms with van der Waals surface area (Å²) in [6.45, 7) is 2.30. The Balaban J connectivity index is 1.79. The van der Waals surface area contributed by atoms with Crippen LogP contribution in [-0.2, 0) is 0 Å². The monoisotopic (exact) mass is 352 g/mol. The van der Waals surface area contributed by atoms with Gasteiger partial charge in [-0.15, -0.1) is 0 Å². The number of fused-ring (bicyclic) bond motifs is 1. The van der Waals surface area contributed by atoms with E-state index in [0.717, 1.165) is 0 Å². The minimum Gasteiger partial charge on any atom is -0.490 e. The van der Waals surface area contributed by atoms with Crippen LogP contribution < -0.4 is 10.4 Å². The fourth-order valence-electron chi connectivity index (χ4n) is 2.59. The number of hydrogen-bond acceptors (Lipinski definition) is 6. The van der Waals surface area contributed by atoms with Crippen molar-refractivity contribution in [3.8, 4) is 28.6 Å². The minimum absolute atomic E-state index is 0.0294. The van der Waals surface area contributed by atoms with Gasteiger partial charge >= 0.3 is 5.63 Å². The van der Waals surface area contributed by atoms with Crippen LogP contribution in [0.15, 0.2) is 62.3 Å². The highest BCUT2D eigenvalue weighted by molar-refractivity contribution is 5.85. The van der Waals surface area contributed by atoms with Crippen LogP contribution in [0.25, 0.3) is 33.8 Å². The van der Waals surface area contributed by atoms with Crippen molar-refractivity contribution in [2.45, 2.75) is 6.92 Å². The van der Waals surface area contributed by atoms with Crippen LogP contribution in [0.4, 0.5) is 4.39 Å². The van der Waals surface area contributed by atoms with Crippen molar-refractivity contribution in [1.29, 1.82) is 0 Å². The third-order valence-electron chi connectivity index (χ3n) is 3.78. The Morgan fingerprint density at radius 1 is 1.15 bits per heavy atom. The Kier molecular flexibility index (Phi) is 3.96. The first-order valence-corrected chi connectivity index (χ1v) is 7.95. The summed E-state index contributed by atoms with van der Waals surface area (Å²) in [6, 6.07) is 12.6. The SMILES string of the molecule is CCOc1cccc2cc(-c3nc(-c4ccc(F)cc4)no3)c(=O)oc12. The topological polar surface area (TPSA) is 78.4 Å². The molecular formula is C19H13FN2O4. The lowest BCUT2D eigenvalue weighted by molar-refractivity contribution is 0.337. The molecule has 0 aliphatic rings. The molecule has 0 bridgehead atoms. The Labute approximate surface area is 146 Å². The molecule has 0 amide bonds. The summed E-state index contributed by atoms with van der Waals surface area (Å²) in [4.78, 5) is 16.6. The van der Waals surface area contributed by atoms with Gasteiger partial charge in [0.2, 0.25) is 5.82 Å². The number of ether oxygens (including phenoxy) is 1. The van der Waals surface area contributed by atoms with Crippen molar-refractivity contribution in [3.05, 3.63) is 64.8 Å². The fourth-order valence-corrected chi connectivity index (χ4v) is 2.59. The first-order chi connectivity index (χ1) is 12.7. The van der Waals surface area contributed by atoms with Crippen molar-refractivity contribution in [3.63, 3.8) is 0 Å². The molecule has 2 aromatic heterocycles. The lowest BCUT2D eigenvalue weighted by Crippen LogP contribution is -2.04. The van der Waals surface area contributed by atoms with Gasteiger partial charge < -0.3 is 13.7 Å². The number of nitrogens with zero attached hydrogens (tertiary/aromatic N) is 2. The van der Waals surface area contributed by atoms with Crippen molar-refractivity contribution >= 4 is 11.0 Å². The van der Waals surface area contributed by atoms with Gasteiger partial charge in [-0.2, -0.15) is 4.98 Å². The zero-order valence-corrected chi connectivity index (χ0v) is 13.7. The molecule has 2 aromatic carbocycles. The predicted octanol–water partition coefficient (Wildman–Crippen LogP) is 4.05. The molecule has 0 N–H and O–H groups in total. The molecule has 0 spiro atoms. The summed E-state index contributed by atoms with van der Waals surface area (Å²) < 4.78 is 29.1. The molecule has 0 atom stereocenters. The maximum absolute atomic E-state index is 13.0. The Morgan fingerprint density at radius 3 is 2.73 bits per heavy atom. The smallest absolute Gasteiger partial charge is 0.349 e. The highest BCUT2D eigenvalue weighted by Crippen LogP contribution is 2.28. The van der Waals surface area contributed by atoms with Gasteiger partial charge in [0.05, 0.1) is 6.61 Å². The van der Waals surface area contributed by atoms with Crippen LogP contribution >= 0.6 is 0 Å². The van der Waals surface area contributed by atoms with Crippen molar-refractivity contribution in [2.75, 3.05) is 6.61 Å². The van der Waals surface area contributed by atoms with Gasteiger partial charge in [-0.25, -0.2) is 9.18 Å². The number of para-hydroxylation sites is 1. The van der Waals surface area contributed by atoms with Gasteiger partial charge in [-0.05, 0) is 43.3 Å². The fraction of sp³-hybridized carbons (Fsp3) is 0.105. The number of aromatic nitrogens is 2. The normalized spacial score (nSPS) is 11.0. The molecule has 130 valence electrons. The predicted molar refractivity (Wildman–Crippen MR) is 92.3 cm³/mol. The Morgan fingerprint density at radius 2 is 1.96 bits per heavy atom. The number of halogens is 1. The maximum Gasteiger partial charge on any atom is 0.349 e. The van der Waals surface area contributed by atoms with E-state index in [9.17, 15) is 9.18 Å². The number of hydrogen-bond donors (Lipinski definition) is 0. The third kappa shape index (κ3) is 2.83. The van der Waals surface area contributed by atoms with Gasteiger partial charge in [-0.3, -0.25) is 0 Å². The Hall–Kier alpha value is -3.48. The maximum atomic E-state index is 13.0. The quantitative estimate of drug-likeness (QED) is 0.516. The number of rotatable bonds is 4. The molecule has 0 radical (unpaired) electrons. The molecular weight excluding hydrogens is 339 g/mol.